The molecule has 104 valence electrons. The third kappa shape index (κ3) is 2.91. The van der Waals surface area contributed by atoms with Gasteiger partial charge in [0, 0.05) is 4.90 Å². The molecule has 7 heteroatoms. The zero-order valence-corrected chi connectivity index (χ0v) is 12.4. The number of benzene rings is 2. The van der Waals surface area contributed by atoms with Gasteiger partial charge in [-0.2, -0.15) is 14.0 Å². The van der Waals surface area contributed by atoms with Crippen LogP contribution >= 0.6 is 22.5 Å². The average Bonchev–Trinajstić information content (AvgIpc) is 2.77. The van der Waals surface area contributed by atoms with Gasteiger partial charge >= 0.3 is 0 Å². The Labute approximate surface area is 124 Å². The molecule has 3 rings (SSSR count). The van der Waals surface area contributed by atoms with Crippen LogP contribution in [0.15, 0.2) is 64.4 Å². The molecule has 2 aromatic rings. The van der Waals surface area contributed by atoms with Gasteiger partial charge in [0.15, 0.2) is 10.8 Å². The topological polar surface area (TPSA) is 78.4 Å². The molecule has 0 aromatic heterocycles. The molecule has 0 N–H and O–H groups in total. The van der Waals surface area contributed by atoms with Crippen LogP contribution in [-0.4, -0.2) is 4.20 Å². The summed E-state index contributed by atoms with van der Waals surface area (Å²) in [6.45, 7) is 0. The van der Waals surface area contributed by atoms with Gasteiger partial charge in [-0.05, 0) is 17.7 Å². The molecule has 1 atom stereocenters. The van der Waals surface area contributed by atoms with Crippen molar-refractivity contribution in [2.24, 2.45) is 0 Å². The first-order valence-electron chi connectivity index (χ1n) is 5.59. The highest BCUT2D eigenvalue weighted by atomic mass is 35.7. The summed E-state index contributed by atoms with van der Waals surface area (Å²) in [5, 5.41) is 0. The van der Waals surface area contributed by atoms with Gasteiger partial charge in [0.05, 0.1) is 19.3 Å². The summed E-state index contributed by atoms with van der Waals surface area (Å²) in [5.41, 5.74) is 0.857. The Bertz CT molecular complexity index is 668. The first-order chi connectivity index (χ1) is 9.54. The van der Waals surface area contributed by atoms with Crippen LogP contribution in [-0.2, 0) is 3.74 Å². The van der Waals surface area contributed by atoms with E-state index in [2.05, 4.69) is 0 Å². The summed E-state index contributed by atoms with van der Waals surface area (Å²) in [5.74, 6) is 0. The van der Waals surface area contributed by atoms with Crippen molar-refractivity contribution in [3.05, 3.63) is 60.2 Å². The van der Waals surface area contributed by atoms with E-state index in [4.69, 9.17) is 3.74 Å². The second-order valence-electron chi connectivity index (χ2n) is 3.91. The summed E-state index contributed by atoms with van der Waals surface area (Å²) in [7, 11) is -5.67. The second kappa shape index (κ2) is 5.50. The maximum absolute atomic E-state index is 11.0. The third-order valence-electron chi connectivity index (χ3n) is 2.57. The SMILES string of the molecule is [O-][Cl+3]([O-])([O-])OS1=C(c2ccccc2)Sc2ccccc21. The molecule has 4 nitrogen and oxygen atoms in total. The van der Waals surface area contributed by atoms with E-state index in [1.54, 1.807) is 12.1 Å². The molecule has 1 aliphatic rings. The molecule has 0 fully saturated rings. The standard InChI is InChI=1S/C13H9ClO4S2/c15-14(16,17)18-20-12-9-5-4-8-11(12)19-13(20)10-6-2-1-3-7-10/h1-9H. The lowest BCUT2D eigenvalue weighted by Gasteiger charge is -2.13. The molecule has 0 saturated heterocycles. The van der Waals surface area contributed by atoms with E-state index in [0.717, 1.165) is 19.6 Å². The molecule has 0 bridgehead atoms. The van der Waals surface area contributed by atoms with Gasteiger partial charge in [-0.1, -0.05) is 54.2 Å². The molecule has 1 heterocycles. The van der Waals surface area contributed by atoms with Gasteiger partial charge in [0.1, 0.15) is 3.74 Å². The maximum atomic E-state index is 11.0. The fraction of sp³-hybridized carbons (Fsp3) is 0. The fourth-order valence-electron chi connectivity index (χ4n) is 1.81. The van der Waals surface area contributed by atoms with Crippen LogP contribution in [0, 0.1) is 10.2 Å². The quantitative estimate of drug-likeness (QED) is 0.763. The van der Waals surface area contributed by atoms with Crippen molar-refractivity contribution in [3.8, 4) is 0 Å². The van der Waals surface area contributed by atoms with Crippen LogP contribution in [0.2, 0.25) is 0 Å². The van der Waals surface area contributed by atoms with E-state index in [1.807, 2.05) is 42.5 Å². The molecule has 0 radical (unpaired) electrons. The summed E-state index contributed by atoms with van der Waals surface area (Å²) >= 11 is 1.43. The van der Waals surface area contributed by atoms with E-state index >= 15 is 0 Å². The molecule has 20 heavy (non-hydrogen) atoms. The van der Waals surface area contributed by atoms with E-state index in [1.165, 1.54) is 11.8 Å². The van der Waals surface area contributed by atoms with Crippen molar-refractivity contribution >= 4 is 26.7 Å². The number of thioether (sulfide) groups is 1. The van der Waals surface area contributed by atoms with Crippen LogP contribution in [0.3, 0.4) is 0 Å². The number of fused-ring (bicyclic) bond motifs is 1. The Morgan fingerprint density at radius 3 is 2.25 bits per heavy atom. The molecule has 0 saturated carbocycles. The minimum Gasteiger partial charge on any atom is -0.182 e. The normalized spacial score (nSPS) is 18.1. The molecular formula is C13H9ClO4S2. The van der Waals surface area contributed by atoms with Crippen molar-refractivity contribution in [1.82, 2.24) is 0 Å². The Morgan fingerprint density at radius 1 is 0.900 bits per heavy atom. The van der Waals surface area contributed by atoms with Crippen LogP contribution in [0.1, 0.15) is 5.56 Å². The molecule has 2 aromatic carbocycles. The zero-order chi connectivity index (χ0) is 14.2. The summed E-state index contributed by atoms with van der Waals surface area (Å²) < 4.78 is 38.3. The van der Waals surface area contributed by atoms with Crippen molar-refractivity contribution in [1.29, 1.82) is 0 Å². The lowest BCUT2D eigenvalue weighted by Crippen LogP contribution is -2.60. The van der Waals surface area contributed by atoms with E-state index < -0.39 is 21.0 Å². The lowest BCUT2D eigenvalue weighted by molar-refractivity contribution is -1.91. The van der Waals surface area contributed by atoms with Crippen LogP contribution in [0.25, 0.3) is 0 Å². The number of rotatable bonds is 3. The third-order valence-corrected chi connectivity index (χ3v) is 6.85. The minimum absolute atomic E-state index is 0.725. The maximum Gasteiger partial charge on any atom is 0.155 e. The molecule has 0 aliphatic carbocycles. The van der Waals surface area contributed by atoms with Crippen molar-refractivity contribution in [2.45, 2.75) is 9.79 Å². The van der Waals surface area contributed by atoms with Crippen LogP contribution < -0.4 is 14.0 Å². The number of hydrogen-bond donors (Lipinski definition) is 0. The van der Waals surface area contributed by atoms with Crippen molar-refractivity contribution < 1.29 is 28.0 Å². The zero-order valence-electron chi connectivity index (χ0n) is 10.0. The monoisotopic (exact) mass is 328 g/mol. The Balaban J connectivity index is 2.11. The Morgan fingerprint density at radius 2 is 1.55 bits per heavy atom. The fourth-order valence-corrected chi connectivity index (χ4v) is 6.12. The molecule has 0 amide bonds. The summed E-state index contributed by atoms with van der Waals surface area (Å²) in [6, 6.07) is 16.6. The highest BCUT2D eigenvalue weighted by Crippen LogP contribution is 2.49. The Hall–Kier alpha value is -0.860. The highest BCUT2D eigenvalue weighted by molar-refractivity contribution is 8.34. The molecule has 1 unspecified atom stereocenters. The number of halogens is 1. The van der Waals surface area contributed by atoms with E-state index in [0.29, 0.717) is 0 Å². The van der Waals surface area contributed by atoms with Gasteiger partial charge in [-0.25, -0.2) is 0 Å². The molecule has 1 aliphatic heterocycles. The lowest BCUT2D eigenvalue weighted by atomic mass is 10.2. The summed E-state index contributed by atoms with van der Waals surface area (Å²) in [4.78, 5) is 1.64. The predicted octanol–water partition coefficient (Wildman–Crippen LogP) is 0.427. The van der Waals surface area contributed by atoms with Gasteiger partial charge < -0.3 is 0 Å². The Kier molecular flexibility index (Phi) is 3.87. The first kappa shape index (κ1) is 14.1. The number of hydrogen-bond acceptors (Lipinski definition) is 5. The van der Waals surface area contributed by atoms with Crippen LogP contribution in [0.4, 0.5) is 0 Å². The van der Waals surface area contributed by atoms with Crippen molar-refractivity contribution in [2.75, 3.05) is 0 Å². The molecular weight excluding hydrogens is 320 g/mol. The van der Waals surface area contributed by atoms with Crippen molar-refractivity contribution in [3.63, 3.8) is 0 Å². The summed E-state index contributed by atoms with van der Waals surface area (Å²) in [6.07, 6.45) is 0. The average molecular weight is 329 g/mol. The minimum atomic E-state index is -4.48. The van der Waals surface area contributed by atoms with Gasteiger partial charge in [-0.15, -0.1) is 0 Å². The highest BCUT2D eigenvalue weighted by Gasteiger charge is 2.34. The molecule has 0 spiro atoms. The smallest absolute Gasteiger partial charge is 0.155 e. The van der Waals surface area contributed by atoms with E-state index in [-0.39, 0.29) is 0 Å². The van der Waals surface area contributed by atoms with Gasteiger partial charge in [0.25, 0.3) is 0 Å². The second-order valence-corrected chi connectivity index (χ2v) is 7.87. The van der Waals surface area contributed by atoms with Gasteiger partial charge in [0.2, 0.25) is 0 Å². The predicted molar refractivity (Wildman–Crippen MR) is 69.8 cm³/mol. The first-order valence-corrected chi connectivity index (χ1v) is 8.79. The van der Waals surface area contributed by atoms with E-state index in [9.17, 15) is 14.0 Å². The van der Waals surface area contributed by atoms with Crippen LogP contribution in [0.5, 0.6) is 0 Å². The largest absolute Gasteiger partial charge is 0.182 e. The van der Waals surface area contributed by atoms with Gasteiger partial charge in [-0.3, -0.25) is 0 Å².